The summed E-state index contributed by atoms with van der Waals surface area (Å²) in [6, 6.07) is 0. The van der Waals surface area contributed by atoms with Gasteiger partial charge >= 0.3 is 0 Å². The molecule has 0 saturated carbocycles. The number of nitrogens with zero attached hydrogens (tertiary/aromatic N) is 1. The molecule has 0 radical (unpaired) electrons. The smallest absolute Gasteiger partial charge is 0.204 e. The van der Waals surface area contributed by atoms with E-state index >= 15 is 0 Å². The molecule has 1 unspecified atom stereocenters. The van der Waals surface area contributed by atoms with E-state index in [0.29, 0.717) is 5.11 Å². The summed E-state index contributed by atoms with van der Waals surface area (Å²) in [6.07, 6.45) is 0. The van der Waals surface area contributed by atoms with Crippen molar-refractivity contribution in [3.63, 3.8) is 0 Å². The molecular formula is C3H4N4S3. The maximum atomic E-state index is 4.93. The van der Waals surface area contributed by atoms with Gasteiger partial charge in [0.05, 0.1) is 0 Å². The van der Waals surface area contributed by atoms with E-state index in [2.05, 4.69) is 16.3 Å². The van der Waals surface area contributed by atoms with Crippen LogP contribution in [0.5, 0.6) is 0 Å². The minimum Gasteiger partial charge on any atom is -0.294 e. The van der Waals surface area contributed by atoms with E-state index in [4.69, 9.17) is 24.4 Å². The number of thioether (sulfide) groups is 1. The summed E-state index contributed by atoms with van der Waals surface area (Å²) in [5, 5.41) is 2.42. The predicted octanol–water partition coefficient (Wildman–Crippen LogP) is -0.499. The van der Waals surface area contributed by atoms with Gasteiger partial charge in [-0.2, -0.15) is 0 Å². The van der Waals surface area contributed by atoms with Gasteiger partial charge < -0.3 is 0 Å². The van der Waals surface area contributed by atoms with Crippen LogP contribution in [0.4, 0.5) is 0 Å². The molecule has 7 heteroatoms. The van der Waals surface area contributed by atoms with E-state index in [0.717, 1.165) is 4.32 Å². The van der Waals surface area contributed by atoms with Crippen LogP contribution in [0.15, 0.2) is 0 Å². The van der Waals surface area contributed by atoms with Crippen molar-refractivity contribution in [3.05, 3.63) is 0 Å². The summed E-state index contributed by atoms with van der Waals surface area (Å²) in [5.41, 5.74) is 8.80. The summed E-state index contributed by atoms with van der Waals surface area (Å²) in [6.45, 7) is 0. The lowest BCUT2D eigenvalue weighted by molar-refractivity contribution is 0.383. The van der Waals surface area contributed by atoms with Crippen LogP contribution in [0.2, 0.25) is 0 Å². The largest absolute Gasteiger partial charge is 0.294 e. The number of nitrogens with one attached hydrogen (secondary N) is 3. The molecule has 0 aliphatic carbocycles. The van der Waals surface area contributed by atoms with E-state index in [1.54, 1.807) is 5.01 Å². The van der Waals surface area contributed by atoms with Crippen LogP contribution in [0.1, 0.15) is 0 Å². The minimum atomic E-state index is 0.125. The molecule has 10 heavy (non-hydrogen) atoms. The zero-order chi connectivity index (χ0) is 7.14. The third-order valence-electron chi connectivity index (χ3n) is 1.19. The van der Waals surface area contributed by atoms with Crippen molar-refractivity contribution in [1.29, 1.82) is 0 Å². The van der Waals surface area contributed by atoms with Crippen LogP contribution in [0.25, 0.3) is 0 Å². The fraction of sp³-hybridized carbons (Fsp3) is 0.333. The third-order valence-corrected chi connectivity index (χ3v) is 2.72. The molecule has 0 spiro atoms. The van der Waals surface area contributed by atoms with Gasteiger partial charge in [0, 0.05) is 0 Å². The summed E-state index contributed by atoms with van der Waals surface area (Å²) in [7, 11) is 0. The van der Waals surface area contributed by atoms with E-state index < -0.39 is 0 Å². The summed E-state index contributed by atoms with van der Waals surface area (Å²) in [4.78, 5) is 0. The second-order valence-electron chi connectivity index (χ2n) is 1.81. The zero-order valence-electron chi connectivity index (χ0n) is 4.75. The lowest BCUT2D eigenvalue weighted by atomic mass is 11.0. The summed E-state index contributed by atoms with van der Waals surface area (Å²) in [5.74, 6) is 0. The second-order valence-corrected chi connectivity index (χ2v) is 3.96. The molecule has 2 fully saturated rings. The van der Waals surface area contributed by atoms with E-state index in [-0.39, 0.29) is 5.50 Å². The molecule has 2 rings (SSSR count). The van der Waals surface area contributed by atoms with Crippen LogP contribution in [0.3, 0.4) is 0 Å². The lowest BCUT2D eigenvalue weighted by Gasteiger charge is -2.11. The van der Waals surface area contributed by atoms with Crippen LogP contribution >= 0.6 is 36.2 Å². The van der Waals surface area contributed by atoms with Gasteiger partial charge in [-0.05, 0) is 12.2 Å². The van der Waals surface area contributed by atoms with E-state index in [1.165, 1.54) is 11.8 Å². The van der Waals surface area contributed by atoms with Crippen molar-refractivity contribution in [2.75, 3.05) is 0 Å². The van der Waals surface area contributed by atoms with Crippen molar-refractivity contribution in [2.45, 2.75) is 5.50 Å². The van der Waals surface area contributed by atoms with Crippen LogP contribution in [0, 0.1) is 0 Å². The monoisotopic (exact) mass is 192 g/mol. The number of hydrogen-bond acceptors (Lipinski definition) is 4. The third kappa shape index (κ3) is 0.858. The first kappa shape index (κ1) is 6.59. The Balaban J connectivity index is 2.19. The second kappa shape index (κ2) is 2.19. The minimum absolute atomic E-state index is 0.125. The Labute approximate surface area is 72.6 Å². The summed E-state index contributed by atoms with van der Waals surface area (Å²) >= 11 is 11.4. The normalized spacial score (nSPS) is 30.0. The van der Waals surface area contributed by atoms with Crippen LogP contribution < -0.4 is 16.3 Å². The van der Waals surface area contributed by atoms with E-state index in [9.17, 15) is 0 Å². The average molecular weight is 192 g/mol. The van der Waals surface area contributed by atoms with Gasteiger partial charge in [-0.1, -0.05) is 24.0 Å². The van der Waals surface area contributed by atoms with Gasteiger partial charge in [0.2, 0.25) is 5.11 Å². The van der Waals surface area contributed by atoms with Gasteiger partial charge in [-0.3, -0.25) is 10.9 Å². The van der Waals surface area contributed by atoms with Gasteiger partial charge in [-0.25, -0.2) is 10.4 Å². The van der Waals surface area contributed by atoms with Crippen LogP contribution in [-0.2, 0) is 0 Å². The number of thiocarbonyl (C=S) groups is 2. The first-order valence-electron chi connectivity index (χ1n) is 2.59. The molecular weight excluding hydrogens is 188 g/mol. The van der Waals surface area contributed by atoms with Crippen molar-refractivity contribution in [2.24, 2.45) is 0 Å². The first-order chi connectivity index (χ1) is 4.77. The SMILES string of the molecule is S=C1NN2C(=S)NNC2S1. The molecule has 2 saturated heterocycles. The van der Waals surface area contributed by atoms with Gasteiger partial charge in [0.1, 0.15) is 0 Å². The van der Waals surface area contributed by atoms with Gasteiger partial charge in [-0.15, -0.1) is 0 Å². The molecule has 2 aliphatic heterocycles. The highest BCUT2D eigenvalue weighted by molar-refractivity contribution is 8.23. The molecule has 2 heterocycles. The zero-order valence-corrected chi connectivity index (χ0v) is 7.20. The van der Waals surface area contributed by atoms with Crippen molar-refractivity contribution in [3.8, 4) is 0 Å². The Hall–Kier alpha value is -0.110. The highest BCUT2D eigenvalue weighted by atomic mass is 32.2. The Morgan fingerprint density at radius 3 is 3.00 bits per heavy atom. The fourth-order valence-electron chi connectivity index (χ4n) is 0.772. The predicted molar refractivity (Wildman–Crippen MR) is 47.8 cm³/mol. The Morgan fingerprint density at radius 1 is 1.50 bits per heavy atom. The lowest BCUT2D eigenvalue weighted by Crippen LogP contribution is -2.38. The molecule has 0 amide bonds. The molecule has 2 aliphatic rings. The topological polar surface area (TPSA) is 39.3 Å². The number of hydrogen-bond donors (Lipinski definition) is 3. The molecule has 54 valence electrons. The number of rotatable bonds is 0. The Kier molecular flexibility index (Phi) is 1.44. The standard InChI is InChI=1S/C3H4N4S3/c8-1-4-5-2-7(1)6-3(9)10-2/h2,5H,(H,4,8)(H,6,9). The maximum absolute atomic E-state index is 4.93. The van der Waals surface area contributed by atoms with Crippen molar-refractivity contribution in [1.82, 2.24) is 21.3 Å². The first-order valence-corrected chi connectivity index (χ1v) is 4.29. The van der Waals surface area contributed by atoms with Crippen LogP contribution in [-0.4, -0.2) is 19.9 Å². The molecule has 1 atom stereocenters. The molecule has 3 N–H and O–H groups in total. The van der Waals surface area contributed by atoms with Gasteiger partial charge in [0.25, 0.3) is 0 Å². The van der Waals surface area contributed by atoms with Crippen molar-refractivity contribution >= 4 is 45.6 Å². The highest BCUT2D eigenvalue weighted by Crippen LogP contribution is 2.22. The van der Waals surface area contributed by atoms with E-state index in [1.807, 2.05) is 0 Å². The number of fused-ring (bicyclic) bond motifs is 1. The molecule has 0 bridgehead atoms. The Bertz CT molecular complexity index is 204. The highest BCUT2D eigenvalue weighted by Gasteiger charge is 2.35. The van der Waals surface area contributed by atoms with Crippen molar-refractivity contribution < 1.29 is 0 Å². The quantitative estimate of drug-likeness (QED) is 0.447. The molecule has 4 nitrogen and oxygen atoms in total. The average Bonchev–Trinajstić information content (AvgIpc) is 2.35. The number of hydrazine groups is 2. The molecule has 0 aromatic rings. The van der Waals surface area contributed by atoms with Gasteiger partial charge in [0.15, 0.2) is 9.82 Å². The summed E-state index contributed by atoms with van der Waals surface area (Å²) < 4.78 is 0.751. The Morgan fingerprint density at radius 2 is 2.30 bits per heavy atom. The maximum Gasteiger partial charge on any atom is 0.204 e. The molecule has 0 aromatic carbocycles. The fourth-order valence-corrected chi connectivity index (χ4v) is 2.16. The molecule has 0 aromatic heterocycles.